The molecule has 0 bridgehead atoms. The number of aromatic amines is 1. The third-order valence-electron chi connectivity index (χ3n) is 5.65. The van der Waals surface area contributed by atoms with Crippen molar-refractivity contribution in [2.75, 3.05) is 32.9 Å². The van der Waals surface area contributed by atoms with Crippen molar-refractivity contribution >= 4 is 46.1 Å². The van der Waals surface area contributed by atoms with E-state index in [9.17, 15) is 24.4 Å². The number of aryl methyl sites for hydroxylation is 1. The molecule has 1 saturated heterocycles. The second-order valence-electron chi connectivity index (χ2n) is 8.77. The molecule has 12 nitrogen and oxygen atoms in total. The van der Waals surface area contributed by atoms with Crippen LogP contribution in [0.1, 0.15) is 45.4 Å². The second kappa shape index (κ2) is 14.6. The lowest BCUT2D eigenvalue weighted by Gasteiger charge is -2.31. The highest BCUT2D eigenvalue weighted by atomic mass is 33.1. The quantitative estimate of drug-likeness (QED) is 0.0882. The van der Waals surface area contributed by atoms with Crippen molar-refractivity contribution in [2.45, 2.75) is 64.2 Å². The summed E-state index contributed by atoms with van der Waals surface area (Å²) < 4.78 is 28.8. The Kier molecular flexibility index (Phi) is 12.8. The molecular formula is C21H35N2O10PS3. The fourth-order valence-electron chi connectivity index (χ4n) is 3.51. The summed E-state index contributed by atoms with van der Waals surface area (Å²) in [5, 5.41) is 10.2. The number of H-pyrrole nitrogens is 1. The molecule has 3 N–H and O–H groups in total. The summed E-state index contributed by atoms with van der Waals surface area (Å²) in [5.41, 5.74) is -2.13. The van der Waals surface area contributed by atoms with Gasteiger partial charge in [0, 0.05) is 23.4 Å². The van der Waals surface area contributed by atoms with Crippen molar-refractivity contribution in [1.82, 2.24) is 9.55 Å². The first kappa shape index (κ1) is 32.5. The predicted molar refractivity (Wildman–Crippen MR) is 145 cm³/mol. The molecule has 0 amide bonds. The summed E-state index contributed by atoms with van der Waals surface area (Å²) in [6, 6.07) is 0. The van der Waals surface area contributed by atoms with Crippen molar-refractivity contribution in [1.29, 1.82) is 0 Å². The number of aromatic nitrogens is 2. The number of carbonyl (C=O) groups is 1. The lowest BCUT2D eigenvalue weighted by atomic mass is 9.87. The number of hydrogen-bond donors (Lipinski definition) is 3. The first-order valence-electron chi connectivity index (χ1n) is 11.6. The van der Waals surface area contributed by atoms with Gasteiger partial charge in [-0.1, -0.05) is 42.4 Å². The molecule has 0 aliphatic carbocycles. The van der Waals surface area contributed by atoms with Gasteiger partial charge in [0.1, 0.15) is 23.7 Å². The molecule has 0 radical (unpaired) electrons. The monoisotopic (exact) mass is 602 g/mol. The third kappa shape index (κ3) is 9.16. The van der Waals surface area contributed by atoms with Crippen LogP contribution in [0.5, 0.6) is 0 Å². The molecule has 1 aromatic heterocycles. The van der Waals surface area contributed by atoms with Crippen molar-refractivity contribution < 1.29 is 38.1 Å². The fourth-order valence-corrected chi connectivity index (χ4v) is 6.70. The molecule has 0 saturated carbocycles. The topological polar surface area (TPSA) is 159 Å². The number of hydrogen-bond acceptors (Lipinski definition) is 12. The third-order valence-corrected chi connectivity index (χ3v) is 9.86. The molecule has 1 aliphatic heterocycles. The van der Waals surface area contributed by atoms with Crippen LogP contribution in [0.2, 0.25) is 0 Å². The van der Waals surface area contributed by atoms with Crippen LogP contribution >= 0.6 is 28.3 Å². The van der Waals surface area contributed by atoms with Gasteiger partial charge in [-0.15, -0.1) is 0 Å². The average molecular weight is 603 g/mol. The van der Waals surface area contributed by atoms with Crippen LogP contribution in [-0.4, -0.2) is 75.8 Å². The maximum atomic E-state index is 12.6. The summed E-state index contributed by atoms with van der Waals surface area (Å²) in [6.07, 6.45) is -1.03. The van der Waals surface area contributed by atoms with Gasteiger partial charge < -0.3 is 33.3 Å². The van der Waals surface area contributed by atoms with E-state index in [1.165, 1.54) is 35.6 Å². The maximum absolute atomic E-state index is 12.6. The molecule has 2 heterocycles. The minimum Gasteiger partial charge on any atom is -0.468 e. The fraction of sp³-hybridized carbons (Fsp3) is 0.762. The first-order valence-corrected chi connectivity index (χ1v) is 16.5. The van der Waals surface area contributed by atoms with Gasteiger partial charge in [0.15, 0.2) is 0 Å². The van der Waals surface area contributed by atoms with Crippen molar-refractivity contribution in [3.8, 4) is 0 Å². The van der Waals surface area contributed by atoms with E-state index in [2.05, 4.69) is 18.8 Å². The van der Waals surface area contributed by atoms with E-state index >= 15 is 0 Å². The summed E-state index contributed by atoms with van der Waals surface area (Å²) in [6.45, 7) is 2.68. The Balaban J connectivity index is 2.08. The van der Waals surface area contributed by atoms with Crippen LogP contribution in [0, 0.1) is 12.3 Å². The SMILES string of the molecule is CCC(COCSSC(C)C)(COP(O)(=S)OC1C[C@H](n2cc(C)c(=O)[nH]c2=O)O[C@@H]1CO)C(=O)OC. The molecule has 0 spiro atoms. The van der Waals surface area contributed by atoms with E-state index in [4.69, 9.17) is 35.1 Å². The van der Waals surface area contributed by atoms with Crippen molar-refractivity contribution in [3.05, 3.63) is 32.6 Å². The lowest BCUT2D eigenvalue weighted by Crippen LogP contribution is -2.41. The van der Waals surface area contributed by atoms with Gasteiger partial charge in [0.25, 0.3) is 5.56 Å². The molecule has 1 aliphatic rings. The number of carbonyl (C=O) groups excluding carboxylic acids is 1. The highest BCUT2D eigenvalue weighted by Gasteiger charge is 2.43. The molecule has 5 atom stereocenters. The summed E-state index contributed by atoms with van der Waals surface area (Å²) in [4.78, 5) is 49.5. The normalized spacial score (nSPS) is 23.1. The largest absolute Gasteiger partial charge is 0.468 e. The molecule has 3 unspecified atom stereocenters. The molecule has 16 heteroatoms. The van der Waals surface area contributed by atoms with Gasteiger partial charge in [-0.25, -0.2) is 4.79 Å². The van der Waals surface area contributed by atoms with Crippen LogP contribution in [0.15, 0.2) is 15.8 Å². The van der Waals surface area contributed by atoms with Crippen molar-refractivity contribution in [2.24, 2.45) is 5.41 Å². The van der Waals surface area contributed by atoms with Crippen LogP contribution in [0.4, 0.5) is 0 Å². The summed E-state index contributed by atoms with van der Waals surface area (Å²) in [7, 11) is 4.41. The van der Waals surface area contributed by atoms with E-state index in [0.717, 1.165) is 0 Å². The number of nitrogens with zero attached hydrogens (tertiary/aromatic N) is 1. The van der Waals surface area contributed by atoms with Gasteiger partial charge >= 0.3 is 18.4 Å². The van der Waals surface area contributed by atoms with Crippen LogP contribution in [-0.2, 0) is 39.9 Å². The highest BCUT2D eigenvalue weighted by Crippen LogP contribution is 2.50. The van der Waals surface area contributed by atoms with Gasteiger partial charge in [0.05, 0.1) is 33.0 Å². The second-order valence-corrected chi connectivity index (χ2v) is 14.4. The Labute approximate surface area is 228 Å². The number of nitrogens with one attached hydrogen (secondary N) is 1. The Hall–Kier alpha value is -0.740. The number of ether oxygens (including phenoxy) is 3. The molecule has 2 rings (SSSR count). The Bertz CT molecular complexity index is 1070. The van der Waals surface area contributed by atoms with E-state index in [1.54, 1.807) is 17.7 Å². The number of aliphatic hydroxyl groups excluding tert-OH is 1. The molecule has 1 fully saturated rings. The smallest absolute Gasteiger partial charge is 0.330 e. The molecular weight excluding hydrogens is 567 g/mol. The lowest BCUT2D eigenvalue weighted by molar-refractivity contribution is -0.159. The van der Waals surface area contributed by atoms with Gasteiger partial charge in [-0.3, -0.25) is 19.1 Å². The van der Waals surface area contributed by atoms with E-state index in [-0.39, 0.29) is 19.6 Å². The predicted octanol–water partition coefficient (Wildman–Crippen LogP) is 2.08. The minimum atomic E-state index is -3.93. The van der Waals surface area contributed by atoms with Gasteiger partial charge in [-0.2, -0.15) is 0 Å². The Morgan fingerprint density at radius 1 is 1.41 bits per heavy atom. The number of aliphatic hydroxyl groups is 1. The number of rotatable bonds is 15. The molecule has 212 valence electrons. The average Bonchev–Trinajstić information content (AvgIpc) is 3.24. The zero-order chi connectivity index (χ0) is 27.8. The molecule has 1 aromatic rings. The van der Waals surface area contributed by atoms with Crippen LogP contribution in [0.25, 0.3) is 0 Å². The Morgan fingerprint density at radius 3 is 2.70 bits per heavy atom. The molecule has 37 heavy (non-hydrogen) atoms. The van der Waals surface area contributed by atoms with Crippen LogP contribution < -0.4 is 11.2 Å². The van der Waals surface area contributed by atoms with Gasteiger partial charge in [-0.05, 0) is 25.2 Å². The van der Waals surface area contributed by atoms with E-state index in [0.29, 0.717) is 23.2 Å². The summed E-state index contributed by atoms with van der Waals surface area (Å²) >= 11 is 5.19. The van der Waals surface area contributed by atoms with E-state index in [1.807, 2.05) is 0 Å². The highest BCUT2D eigenvalue weighted by molar-refractivity contribution is 8.76. The maximum Gasteiger partial charge on any atom is 0.330 e. The number of methoxy groups -OCH3 is 1. The van der Waals surface area contributed by atoms with Crippen LogP contribution in [0.3, 0.4) is 0 Å². The standard InChI is InChI=1S/C21H35N2O10PS3/c1-6-21(19(26)29-5,10-30-12-36-37-13(2)3)11-31-34(28,35)33-15-7-17(32-16(15)9-24)23-8-14(4)18(25)22-20(23)27/h8,13,15-17,24H,6-7,9-12H2,1-5H3,(H,28,35)(H,22,25,27)/t15?,16-,17-,21?,34?/m1/s1. The van der Waals surface area contributed by atoms with Gasteiger partial charge in [0.2, 0.25) is 0 Å². The number of esters is 1. The minimum absolute atomic E-state index is 0.0144. The molecule has 0 aromatic carbocycles. The summed E-state index contributed by atoms with van der Waals surface area (Å²) in [5.74, 6) is -0.231. The Morgan fingerprint density at radius 2 is 2.11 bits per heavy atom. The van der Waals surface area contributed by atoms with E-state index < -0.39 is 54.4 Å². The zero-order valence-electron chi connectivity index (χ0n) is 21.4. The first-order chi connectivity index (χ1) is 17.4. The zero-order valence-corrected chi connectivity index (χ0v) is 24.8. The van der Waals surface area contributed by atoms with Crippen molar-refractivity contribution in [3.63, 3.8) is 0 Å².